The number of hydrogen-bond acceptors (Lipinski definition) is 5. The van der Waals surface area contributed by atoms with Gasteiger partial charge in [-0.25, -0.2) is 8.42 Å². The first-order valence-electron chi connectivity index (χ1n) is 10.2. The third kappa shape index (κ3) is 5.19. The molecule has 8 nitrogen and oxygen atoms in total. The van der Waals surface area contributed by atoms with Crippen molar-refractivity contribution in [3.8, 4) is 0 Å². The van der Waals surface area contributed by atoms with Gasteiger partial charge >= 0.3 is 0 Å². The lowest BCUT2D eigenvalue weighted by molar-refractivity contribution is -0.137. The summed E-state index contributed by atoms with van der Waals surface area (Å²) in [7, 11) is -3.64. The monoisotopic (exact) mass is 439 g/mol. The van der Waals surface area contributed by atoms with Crippen molar-refractivity contribution in [1.82, 2.24) is 14.5 Å². The van der Waals surface area contributed by atoms with Crippen molar-refractivity contribution in [3.05, 3.63) is 27.8 Å². The number of nitrogens with one attached hydrogen (secondary N) is 1. The summed E-state index contributed by atoms with van der Waals surface area (Å²) < 4.78 is 33.5. The molecule has 0 unspecified atom stereocenters. The summed E-state index contributed by atoms with van der Waals surface area (Å²) in [6.07, 6.45) is 0. The van der Waals surface area contributed by atoms with Crippen molar-refractivity contribution in [3.63, 3.8) is 0 Å². The number of carbonyl (C=O) groups is 2. The maximum atomic E-state index is 13.4. The lowest BCUT2D eigenvalue weighted by Gasteiger charge is -2.35. The molecule has 0 radical (unpaired) electrons. The third-order valence-corrected chi connectivity index (χ3v) is 8.14. The van der Waals surface area contributed by atoms with Crippen molar-refractivity contribution in [2.24, 2.45) is 0 Å². The van der Waals surface area contributed by atoms with Gasteiger partial charge < -0.3 is 15.0 Å². The number of hydrogen-bond donors (Lipinski definition) is 1. The van der Waals surface area contributed by atoms with Gasteiger partial charge in [0.15, 0.2) is 0 Å². The molecule has 1 aliphatic rings. The summed E-state index contributed by atoms with van der Waals surface area (Å²) >= 11 is 0. The quantitative estimate of drug-likeness (QED) is 0.645. The van der Waals surface area contributed by atoms with E-state index in [0.29, 0.717) is 24.5 Å². The van der Waals surface area contributed by atoms with Crippen LogP contribution >= 0.6 is 0 Å². The van der Waals surface area contributed by atoms with Crippen LogP contribution in [0.5, 0.6) is 0 Å². The maximum absolute atomic E-state index is 13.4. The van der Waals surface area contributed by atoms with E-state index in [1.165, 1.54) is 11.2 Å². The van der Waals surface area contributed by atoms with Gasteiger partial charge in [-0.15, -0.1) is 0 Å². The summed E-state index contributed by atoms with van der Waals surface area (Å²) in [5, 5.41) is 2.59. The minimum atomic E-state index is -3.64. The number of benzene rings is 1. The van der Waals surface area contributed by atoms with Crippen LogP contribution in [0.15, 0.2) is 4.90 Å². The number of ether oxygens (including phenoxy) is 1. The van der Waals surface area contributed by atoms with Gasteiger partial charge in [0.25, 0.3) is 0 Å². The molecule has 9 heteroatoms. The van der Waals surface area contributed by atoms with E-state index in [1.54, 1.807) is 4.90 Å². The molecule has 30 heavy (non-hydrogen) atoms. The van der Waals surface area contributed by atoms with Crippen LogP contribution in [-0.4, -0.2) is 75.4 Å². The Hall–Kier alpha value is -1.97. The standard InChI is InChI=1S/C21H33N3O5S/c1-14-15(2)17(4)21(18(5)16(14)3)30(27,28)24-10-8-23(9-11-24)20(26)13-29-12-7-22-19(6)25/h7-13H2,1-6H3,(H,22,25). The van der Waals surface area contributed by atoms with Gasteiger partial charge in [-0.1, -0.05) is 0 Å². The molecule has 0 aromatic heterocycles. The Bertz CT molecular complexity index is 890. The zero-order chi connectivity index (χ0) is 22.6. The Morgan fingerprint density at radius 2 is 1.40 bits per heavy atom. The van der Waals surface area contributed by atoms with Gasteiger partial charge in [0, 0.05) is 39.6 Å². The number of sulfonamides is 1. The van der Waals surface area contributed by atoms with Gasteiger partial charge in [-0.05, 0) is 62.4 Å². The van der Waals surface area contributed by atoms with Crippen LogP contribution in [0, 0.1) is 34.6 Å². The zero-order valence-electron chi connectivity index (χ0n) is 18.8. The summed E-state index contributed by atoms with van der Waals surface area (Å²) in [6, 6.07) is 0. The lowest BCUT2D eigenvalue weighted by Crippen LogP contribution is -2.51. The number of amides is 2. The number of rotatable bonds is 7. The molecule has 1 aromatic carbocycles. The molecule has 0 saturated carbocycles. The van der Waals surface area contributed by atoms with Gasteiger partial charge in [0.1, 0.15) is 6.61 Å². The zero-order valence-corrected chi connectivity index (χ0v) is 19.6. The highest BCUT2D eigenvalue weighted by Crippen LogP contribution is 2.31. The fraction of sp³-hybridized carbons (Fsp3) is 0.619. The van der Waals surface area contributed by atoms with E-state index in [9.17, 15) is 18.0 Å². The molecule has 1 fully saturated rings. The van der Waals surface area contributed by atoms with Crippen LogP contribution in [0.1, 0.15) is 34.7 Å². The molecule has 1 aliphatic heterocycles. The van der Waals surface area contributed by atoms with Crippen molar-refractivity contribution in [1.29, 1.82) is 0 Å². The van der Waals surface area contributed by atoms with Gasteiger partial charge in [-0.2, -0.15) is 4.31 Å². The molecular weight excluding hydrogens is 406 g/mol. The molecule has 0 atom stereocenters. The van der Waals surface area contributed by atoms with Gasteiger partial charge in [0.05, 0.1) is 11.5 Å². The highest BCUT2D eigenvalue weighted by molar-refractivity contribution is 7.89. The summed E-state index contributed by atoms with van der Waals surface area (Å²) in [5.41, 5.74) is 4.71. The second-order valence-electron chi connectivity index (χ2n) is 7.77. The maximum Gasteiger partial charge on any atom is 0.248 e. The molecule has 1 saturated heterocycles. The predicted octanol–water partition coefficient (Wildman–Crippen LogP) is 1.21. The summed E-state index contributed by atoms with van der Waals surface area (Å²) in [6.45, 7) is 12.8. The number of carbonyl (C=O) groups excluding carboxylic acids is 2. The van der Waals surface area contributed by atoms with Crippen molar-refractivity contribution in [2.75, 3.05) is 45.9 Å². The highest BCUT2D eigenvalue weighted by Gasteiger charge is 2.33. The van der Waals surface area contributed by atoms with E-state index in [0.717, 1.165) is 27.8 Å². The molecule has 0 aliphatic carbocycles. The number of nitrogens with zero attached hydrogens (tertiary/aromatic N) is 2. The molecule has 0 spiro atoms. The average molecular weight is 440 g/mol. The van der Waals surface area contributed by atoms with Crippen molar-refractivity contribution >= 4 is 21.8 Å². The lowest BCUT2D eigenvalue weighted by atomic mass is 9.95. The highest BCUT2D eigenvalue weighted by atomic mass is 32.2. The van der Waals surface area contributed by atoms with Gasteiger partial charge in [0.2, 0.25) is 21.8 Å². The fourth-order valence-corrected chi connectivity index (χ4v) is 5.69. The van der Waals surface area contributed by atoms with Crippen molar-refractivity contribution < 1.29 is 22.7 Å². The molecule has 168 valence electrons. The Balaban J connectivity index is 2.01. The van der Waals surface area contributed by atoms with Crippen LogP contribution in [0.3, 0.4) is 0 Å². The molecule has 1 heterocycles. The van der Waals surface area contributed by atoms with E-state index < -0.39 is 10.0 Å². The molecule has 2 rings (SSSR count). The molecular formula is C21H33N3O5S. The SMILES string of the molecule is CC(=O)NCCOCC(=O)N1CCN(S(=O)(=O)c2c(C)c(C)c(C)c(C)c2C)CC1. The van der Waals surface area contributed by atoms with E-state index in [1.807, 2.05) is 34.6 Å². The minimum Gasteiger partial charge on any atom is -0.370 e. The molecule has 1 aromatic rings. The second-order valence-corrected chi connectivity index (χ2v) is 9.65. The van der Waals surface area contributed by atoms with E-state index in [4.69, 9.17) is 4.74 Å². The first-order valence-corrected chi connectivity index (χ1v) is 11.6. The largest absolute Gasteiger partial charge is 0.370 e. The van der Waals surface area contributed by atoms with Gasteiger partial charge in [-0.3, -0.25) is 9.59 Å². The topological polar surface area (TPSA) is 96.0 Å². The molecule has 0 bridgehead atoms. The molecule has 1 N–H and O–H groups in total. The van der Waals surface area contributed by atoms with E-state index in [-0.39, 0.29) is 38.1 Å². The first-order chi connectivity index (χ1) is 14.0. The second kappa shape index (κ2) is 9.89. The molecule has 2 amide bonds. The Morgan fingerprint density at radius 1 is 0.900 bits per heavy atom. The van der Waals surface area contributed by atoms with Crippen LogP contribution in [-0.2, 0) is 24.3 Å². The third-order valence-electron chi connectivity index (χ3n) is 5.97. The van der Waals surface area contributed by atoms with Crippen LogP contribution < -0.4 is 5.32 Å². The average Bonchev–Trinajstić information content (AvgIpc) is 2.70. The summed E-state index contributed by atoms with van der Waals surface area (Å²) in [4.78, 5) is 25.1. The fourth-order valence-electron chi connectivity index (χ4n) is 3.71. The summed E-state index contributed by atoms with van der Waals surface area (Å²) in [5.74, 6) is -0.323. The van der Waals surface area contributed by atoms with E-state index >= 15 is 0 Å². The minimum absolute atomic E-state index is 0.0824. The van der Waals surface area contributed by atoms with Crippen molar-refractivity contribution in [2.45, 2.75) is 46.4 Å². The Morgan fingerprint density at radius 3 is 1.90 bits per heavy atom. The first kappa shape index (κ1) is 24.3. The predicted molar refractivity (Wildman–Crippen MR) is 115 cm³/mol. The Labute approximate surface area is 179 Å². The normalized spacial score (nSPS) is 15.3. The smallest absolute Gasteiger partial charge is 0.248 e. The van der Waals surface area contributed by atoms with E-state index in [2.05, 4.69) is 5.32 Å². The van der Waals surface area contributed by atoms with Crippen LogP contribution in [0.25, 0.3) is 0 Å². The Kier molecular flexibility index (Phi) is 8.01. The van der Waals surface area contributed by atoms with Crippen LogP contribution in [0.4, 0.5) is 0 Å². The number of piperazine rings is 1. The van der Waals surface area contributed by atoms with Crippen LogP contribution in [0.2, 0.25) is 0 Å².